The summed E-state index contributed by atoms with van der Waals surface area (Å²) in [6.07, 6.45) is 0. The Morgan fingerprint density at radius 1 is 1.36 bits per heavy atom. The maximum absolute atomic E-state index is 6.12. The minimum Gasteiger partial charge on any atom is -0.496 e. The zero-order chi connectivity index (χ0) is 15.9. The molecule has 0 aromatic heterocycles. The van der Waals surface area contributed by atoms with Crippen molar-refractivity contribution in [1.29, 1.82) is 0 Å². The number of rotatable bonds is 5. The van der Waals surface area contributed by atoms with Crippen molar-refractivity contribution in [2.24, 2.45) is 10.7 Å². The van der Waals surface area contributed by atoms with Crippen LogP contribution in [0, 0.1) is 0 Å². The smallest absolute Gasteiger partial charge is 0.191 e. The molecule has 2 N–H and O–H groups in total. The van der Waals surface area contributed by atoms with Gasteiger partial charge in [-0.1, -0.05) is 18.2 Å². The van der Waals surface area contributed by atoms with E-state index in [1.165, 1.54) is 0 Å². The molecule has 1 aromatic carbocycles. The second-order valence-corrected chi connectivity index (χ2v) is 5.52. The zero-order valence-electron chi connectivity index (χ0n) is 13.7. The van der Waals surface area contributed by atoms with Crippen LogP contribution in [0.4, 0.5) is 0 Å². The second-order valence-electron chi connectivity index (χ2n) is 5.52. The standard InChI is InChI=1S/C16H26N4O2/c1-19(2)14(13-6-4-5-7-15(13)21-3)12-18-16(17)20-8-10-22-11-9-20/h4-7,14H,8-12H2,1-3H3,(H2,17,18)/t14-/m0/s1. The molecule has 1 aliphatic rings. The lowest BCUT2D eigenvalue weighted by Crippen LogP contribution is -2.45. The van der Waals surface area contributed by atoms with Gasteiger partial charge in [0, 0.05) is 18.7 Å². The summed E-state index contributed by atoms with van der Waals surface area (Å²) in [6.45, 7) is 3.61. The van der Waals surface area contributed by atoms with E-state index in [0.29, 0.717) is 25.7 Å². The minimum absolute atomic E-state index is 0.121. The lowest BCUT2D eigenvalue weighted by molar-refractivity contribution is 0.0673. The number of ether oxygens (including phenoxy) is 2. The van der Waals surface area contributed by atoms with Crippen LogP contribution in [0.2, 0.25) is 0 Å². The fourth-order valence-electron chi connectivity index (χ4n) is 2.55. The first kappa shape index (κ1) is 16.6. The molecule has 1 aromatic rings. The van der Waals surface area contributed by atoms with Crippen LogP contribution in [0.3, 0.4) is 0 Å². The van der Waals surface area contributed by atoms with E-state index in [0.717, 1.165) is 24.4 Å². The quantitative estimate of drug-likeness (QED) is 0.648. The normalized spacial score (nSPS) is 17.6. The van der Waals surface area contributed by atoms with E-state index in [1.54, 1.807) is 7.11 Å². The van der Waals surface area contributed by atoms with Gasteiger partial charge in [-0.05, 0) is 20.2 Å². The number of hydrogen-bond acceptors (Lipinski definition) is 4. The molecule has 6 nitrogen and oxygen atoms in total. The van der Waals surface area contributed by atoms with Gasteiger partial charge >= 0.3 is 0 Å². The summed E-state index contributed by atoms with van der Waals surface area (Å²) in [5, 5.41) is 0. The molecule has 0 radical (unpaired) electrons. The van der Waals surface area contributed by atoms with E-state index in [2.05, 4.69) is 20.9 Å². The summed E-state index contributed by atoms with van der Waals surface area (Å²) in [5.74, 6) is 1.46. The van der Waals surface area contributed by atoms with Gasteiger partial charge in [0.15, 0.2) is 5.96 Å². The van der Waals surface area contributed by atoms with Crippen LogP contribution in [0.15, 0.2) is 29.3 Å². The molecule has 0 unspecified atom stereocenters. The van der Waals surface area contributed by atoms with Crippen molar-refractivity contribution in [2.75, 3.05) is 54.1 Å². The molecule has 0 saturated carbocycles. The van der Waals surface area contributed by atoms with E-state index < -0.39 is 0 Å². The Balaban J connectivity index is 2.11. The molecular weight excluding hydrogens is 280 g/mol. The molecule has 0 spiro atoms. The Labute approximate surface area is 132 Å². The first-order chi connectivity index (χ1) is 10.6. The molecule has 0 bridgehead atoms. The number of morpholine rings is 1. The zero-order valence-corrected chi connectivity index (χ0v) is 13.7. The Bertz CT molecular complexity index is 499. The average molecular weight is 306 g/mol. The van der Waals surface area contributed by atoms with Crippen molar-refractivity contribution in [3.63, 3.8) is 0 Å². The van der Waals surface area contributed by atoms with Gasteiger partial charge in [-0.3, -0.25) is 4.99 Å². The number of para-hydroxylation sites is 1. The molecule has 0 aliphatic carbocycles. The molecular formula is C16H26N4O2. The van der Waals surface area contributed by atoms with E-state index in [-0.39, 0.29) is 6.04 Å². The summed E-state index contributed by atoms with van der Waals surface area (Å²) < 4.78 is 10.8. The molecule has 1 aliphatic heterocycles. The SMILES string of the molecule is COc1ccccc1[C@H](CN=C(N)N1CCOCC1)N(C)C. The van der Waals surface area contributed by atoms with Crippen molar-refractivity contribution < 1.29 is 9.47 Å². The van der Waals surface area contributed by atoms with Crippen LogP contribution in [0.5, 0.6) is 5.75 Å². The van der Waals surface area contributed by atoms with Gasteiger partial charge in [-0.25, -0.2) is 0 Å². The van der Waals surface area contributed by atoms with E-state index in [1.807, 2.05) is 32.3 Å². The third-order valence-electron chi connectivity index (χ3n) is 3.88. The Morgan fingerprint density at radius 2 is 2.05 bits per heavy atom. The Morgan fingerprint density at radius 3 is 2.68 bits per heavy atom. The Kier molecular flexibility index (Phi) is 6.03. The molecule has 1 saturated heterocycles. The average Bonchev–Trinajstić information content (AvgIpc) is 2.55. The van der Waals surface area contributed by atoms with Gasteiger partial charge in [0.05, 0.1) is 32.9 Å². The fraction of sp³-hybridized carbons (Fsp3) is 0.562. The Hall–Kier alpha value is -1.79. The maximum Gasteiger partial charge on any atom is 0.191 e. The van der Waals surface area contributed by atoms with Crippen molar-refractivity contribution >= 4 is 5.96 Å². The van der Waals surface area contributed by atoms with Crippen molar-refractivity contribution in [1.82, 2.24) is 9.80 Å². The number of hydrogen-bond donors (Lipinski definition) is 1. The molecule has 122 valence electrons. The monoisotopic (exact) mass is 306 g/mol. The van der Waals surface area contributed by atoms with E-state index in [9.17, 15) is 0 Å². The van der Waals surface area contributed by atoms with Crippen LogP contribution in [0.25, 0.3) is 0 Å². The van der Waals surface area contributed by atoms with Crippen LogP contribution >= 0.6 is 0 Å². The number of guanidine groups is 1. The molecule has 1 atom stereocenters. The van der Waals surface area contributed by atoms with Gasteiger partial charge in [0.25, 0.3) is 0 Å². The predicted octanol–water partition coefficient (Wildman–Crippen LogP) is 0.945. The van der Waals surface area contributed by atoms with Gasteiger partial charge in [-0.15, -0.1) is 0 Å². The van der Waals surface area contributed by atoms with Crippen molar-refractivity contribution in [3.8, 4) is 5.75 Å². The molecule has 22 heavy (non-hydrogen) atoms. The van der Waals surface area contributed by atoms with Gasteiger partial charge in [-0.2, -0.15) is 0 Å². The van der Waals surface area contributed by atoms with Crippen LogP contribution in [-0.4, -0.2) is 69.8 Å². The minimum atomic E-state index is 0.121. The molecule has 0 amide bonds. The number of likely N-dealkylation sites (N-methyl/N-ethyl adjacent to an activating group) is 1. The predicted molar refractivity (Wildman–Crippen MR) is 88.3 cm³/mol. The highest BCUT2D eigenvalue weighted by Gasteiger charge is 2.19. The summed E-state index contributed by atoms with van der Waals surface area (Å²) in [6, 6.07) is 8.16. The third-order valence-corrected chi connectivity index (χ3v) is 3.88. The van der Waals surface area contributed by atoms with Gasteiger partial charge in [0.1, 0.15) is 5.75 Å². The topological polar surface area (TPSA) is 63.3 Å². The first-order valence-electron chi connectivity index (χ1n) is 7.55. The highest BCUT2D eigenvalue weighted by atomic mass is 16.5. The maximum atomic E-state index is 6.12. The molecule has 1 heterocycles. The van der Waals surface area contributed by atoms with E-state index >= 15 is 0 Å². The lowest BCUT2D eigenvalue weighted by atomic mass is 10.0. The number of benzene rings is 1. The van der Waals surface area contributed by atoms with Gasteiger partial charge in [0.2, 0.25) is 0 Å². The number of methoxy groups -OCH3 is 1. The van der Waals surface area contributed by atoms with Crippen molar-refractivity contribution in [3.05, 3.63) is 29.8 Å². The van der Waals surface area contributed by atoms with Gasteiger partial charge < -0.3 is 25.0 Å². The fourth-order valence-corrected chi connectivity index (χ4v) is 2.55. The van der Waals surface area contributed by atoms with Crippen molar-refractivity contribution in [2.45, 2.75) is 6.04 Å². The van der Waals surface area contributed by atoms with E-state index in [4.69, 9.17) is 15.2 Å². The third kappa shape index (κ3) is 4.11. The molecule has 2 rings (SSSR count). The molecule has 6 heteroatoms. The lowest BCUT2D eigenvalue weighted by Gasteiger charge is -2.29. The largest absolute Gasteiger partial charge is 0.496 e. The number of aliphatic imine (C=N–C) groups is 1. The highest BCUT2D eigenvalue weighted by molar-refractivity contribution is 5.78. The summed E-state index contributed by atoms with van der Waals surface area (Å²) >= 11 is 0. The second kappa shape index (κ2) is 8.00. The summed E-state index contributed by atoms with van der Waals surface area (Å²) in [7, 11) is 5.77. The number of nitrogens with two attached hydrogens (primary N) is 1. The molecule has 1 fully saturated rings. The number of nitrogens with zero attached hydrogens (tertiary/aromatic N) is 3. The summed E-state index contributed by atoms with van der Waals surface area (Å²) in [4.78, 5) is 8.79. The first-order valence-corrected chi connectivity index (χ1v) is 7.55. The highest BCUT2D eigenvalue weighted by Crippen LogP contribution is 2.28. The van der Waals surface area contributed by atoms with Crippen LogP contribution < -0.4 is 10.5 Å². The van der Waals surface area contributed by atoms with Crippen LogP contribution in [0.1, 0.15) is 11.6 Å². The van der Waals surface area contributed by atoms with Crippen LogP contribution in [-0.2, 0) is 4.74 Å². The summed E-state index contributed by atoms with van der Waals surface area (Å²) in [5.41, 5.74) is 7.24.